The molecule has 35 heavy (non-hydrogen) atoms. The van der Waals surface area contributed by atoms with E-state index in [0.717, 1.165) is 42.7 Å². The summed E-state index contributed by atoms with van der Waals surface area (Å²) < 4.78 is 0. The number of rotatable bonds is 10. The monoisotopic (exact) mass is 488 g/mol. The molecule has 3 rings (SSSR count). The van der Waals surface area contributed by atoms with Crippen molar-refractivity contribution in [3.05, 3.63) is 35.5 Å². The number of fused-ring (bicyclic) bond motifs is 1. The summed E-state index contributed by atoms with van der Waals surface area (Å²) in [5.74, 6) is 1.84. The number of hydrogen-bond acceptors (Lipinski definition) is 4. The summed E-state index contributed by atoms with van der Waals surface area (Å²) in [5, 5.41) is 40.7. The molecule has 0 amide bonds. The molecule has 7 atom stereocenters. The van der Waals surface area contributed by atoms with Crippen LogP contribution in [0.1, 0.15) is 105 Å². The first kappa shape index (κ1) is 28.6. The summed E-state index contributed by atoms with van der Waals surface area (Å²) in [6.07, 6.45) is 15.3. The molecule has 4 N–H and O–H groups in total. The Kier molecular flexibility index (Phi) is 9.87. The molecule has 0 heterocycles. The van der Waals surface area contributed by atoms with Gasteiger partial charge in [0.2, 0.25) is 0 Å². The lowest BCUT2D eigenvalue weighted by Crippen LogP contribution is -2.38. The van der Waals surface area contributed by atoms with Crippen molar-refractivity contribution in [2.45, 2.75) is 123 Å². The number of allylic oxidation sites excluding steroid dienone is 3. The van der Waals surface area contributed by atoms with Gasteiger partial charge in [0.25, 0.3) is 0 Å². The highest BCUT2D eigenvalue weighted by Crippen LogP contribution is 2.60. The number of aliphatic hydroxyl groups is 4. The molecule has 0 aromatic heterocycles. The van der Waals surface area contributed by atoms with Crippen LogP contribution in [-0.4, -0.2) is 44.8 Å². The summed E-state index contributed by atoms with van der Waals surface area (Å²) in [6.45, 7) is 13.1. The highest BCUT2D eigenvalue weighted by molar-refractivity contribution is 5.39. The Morgan fingerprint density at radius 3 is 2.57 bits per heavy atom. The fraction of sp³-hybridized carbons (Fsp3) is 0.806. The first-order valence-electron chi connectivity index (χ1n) is 14.3. The van der Waals surface area contributed by atoms with E-state index in [-0.39, 0.29) is 12.5 Å². The van der Waals surface area contributed by atoms with Gasteiger partial charge < -0.3 is 20.4 Å². The van der Waals surface area contributed by atoms with Crippen LogP contribution in [0.4, 0.5) is 0 Å². The molecule has 0 aromatic rings. The van der Waals surface area contributed by atoms with E-state index in [4.69, 9.17) is 5.11 Å². The maximum Gasteiger partial charge on any atom is 0.0839 e. The van der Waals surface area contributed by atoms with Gasteiger partial charge in [0, 0.05) is 12.5 Å². The zero-order valence-corrected chi connectivity index (χ0v) is 22.8. The molecular formula is C31H52O4. The first-order valence-corrected chi connectivity index (χ1v) is 14.3. The van der Waals surface area contributed by atoms with Crippen molar-refractivity contribution in [3.63, 3.8) is 0 Å². The van der Waals surface area contributed by atoms with Gasteiger partial charge in [0.05, 0.1) is 17.8 Å². The molecule has 0 radical (unpaired) electrons. The second kappa shape index (κ2) is 12.1. The average molecular weight is 489 g/mol. The molecule has 3 fully saturated rings. The van der Waals surface area contributed by atoms with E-state index in [1.807, 2.05) is 13.8 Å². The van der Waals surface area contributed by atoms with Crippen molar-refractivity contribution < 1.29 is 20.4 Å². The smallest absolute Gasteiger partial charge is 0.0839 e. The number of aliphatic hydroxyl groups excluding tert-OH is 3. The lowest BCUT2D eigenvalue weighted by molar-refractivity contribution is 0.0124. The maximum atomic E-state index is 10.8. The Labute approximate surface area is 214 Å². The highest BCUT2D eigenvalue weighted by atomic mass is 16.3. The molecule has 3 aliphatic rings. The topological polar surface area (TPSA) is 80.9 Å². The molecule has 200 valence electrons. The predicted octanol–water partition coefficient (Wildman–Crippen LogP) is 6.09. The molecular weight excluding hydrogens is 436 g/mol. The summed E-state index contributed by atoms with van der Waals surface area (Å²) in [6, 6.07) is 0. The van der Waals surface area contributed by atoms with E-state index in [1.54, 1.807) is 5.57 Å². The SMILES string of the molecule is C=C1C(=CC=C2CCC[C@]3(C)[C@@H]([C@H](C)CCCC(C)(C)O)CC[C@@H]23)C[C@@H](O)[C@@H](CCCCO)[C@@H]1O. The minimum Gasteiger partial charge on any atom is -0.396 e. The van der Waals surface area contributed by atoms with Crippen LogP contribution in [0.5, 0.6) is 0 Å². The van der Waals surface area contributed by atoms with E-state index in [0.29, 0.717) is 36.5 Å². The van der Waals surface area contributed by atoms with E-state index >= 15 is 0 Å². The van der Waals surface area contributed by atoms with Gasteiger partial charge in [0.1, 0.15) is 0 Å². The molecule has 3 saturated carbocycles. The third-order valence-electron chi connectivity index (χ3n) is 9.72. The first-order chi connectivity index (χ1) is 16.5. The van der Waals surface area contributed by atoms with Gasteiger partial charge in [-0.05, 0) is 106 Å². The quantitative estimate of drug-likeness (QED) is 0.280. The lowest BCUT2D eigenvalue weighted by Gasteiger charge is -2.44. The molecule has 3 aliphatic carbocycles. The minimum atomic E-state index is -0.709. The van der Waals surface area contributed by atoms with Crippen LogP contribution in [-0.2, 0) is 0 Å². The van der Waals surface area contributed by atoms with Gasteiger partial charge in [-0.2, -0.15) is 0 Å². The zero-order valence-electron chi connectivity index (χ0n) is 22.8. The zero-order chi connectivity index (χ0) is 25.8. The number of hydrogen-bond donors (Lipinski definition) is 4. The molecule has 4 heteroatoms. The Morgan fingerprint density at radius 2 is 1.89 bits per heavy atom. The molecule has 0 aliphatic heterocycles. The summed E-state index contributed by atoms with van der Waals surface area (Å²) in [7, 11) is 0. The molecule has 0 saturated heterocycles. The largest absolute Gasteiger partial charge is 0.396 e. The average Bonchev–Trinajstić information content (AvgIpc) is 3.14. The van der Waals surface area contributed by atoms with Crippen molar-refractivity contribution in [1.29, 1.82) is 0 Å². The van der Waals surface area contributed by atoms with Gasteiger partial charge in [-0.3, -0.25) is 0 Å². The molecule has 0 spiro atoms. The van der Waals surface area contributed by atoms with E-state index in [9.17, 15) is 15.3 Å². The highest BCUT2D eigenvalue weighted by Gasteiger charge is 2.50. The van der Waals surface area contributed by atoms with Gasteiger partial charge in [-0.15, -0.1) is 0 Å². The van der Waals surface area contributed by atoms with Crippen LogP contribution in [0.3, 0.4) is 0 Å². The Hall–Kier alpha value is -0.940. The van der Waals surface area contributed by atoms with E-state index in [2.05, 4.69) is 32.6 Å². The van der Waals surface area contributed by atoms with E-state index < -0.39 is 17.8 Å². The molecule has 0 unspecified atom stereocenters. The third kappa shape index (κ3) is 6.89. The second-order valence-electron chi connectivity index (χ2n) is 12.8. The lowest BCUT2D eigenvalue weighted by atomic mass is 9.60. The van der Waals surface area contributed by atoms with Gasteiger partial charge in [-0.1, -0.05) is 57.4 Å². The fourth-order valence-corrected chi connectivity index (χ4v) is 7.66. The maximum absolute atomic E-state index is 10.8. The van der Waals surface area contributed by atoms with Crippen molar-refractivity contribution in [3.8, 4) is 0 Å². The van der Waals surface area contributed by atoms with Crippen LogP contribution in [0.2, 0.25) is 0 Å². The van der Waals surface area contributed by atoms with Gasteiger partial charge >= 0.3 is 0 Å². The van der Waals surface area contributed by atoms with Gasteiger partial charge in [0.15, 0.2) is 0 Å². The van der Waals surface area contributed by atoms with Crippen LogP contribution in [0.25, 0.3) is 0 Å². The summed E-state index contributed by atoms with van der Waals surface area (Å²) >= 11 is 0. The minimum absolute atomic E-state index is 0.152. The van der Waals surface area contributed by atoms with Crippen molar-refractivity contribution in [2.75, 3.05) is 6.61 Å². The van der Waals surface area contributed by atoms with E-state index in [1.165, 1.54) is 32.1 Å². The van der Waals surface area contributed by atoms with Gasteiger partial charge in [-0.25, -0.2) is 0 Å². The third-order valence-corrected chi connectivity index (χ3v) is 9.72. The normalized spacial score (nSPS) is 37.1. The molecule has 4 nitrogen and oxygen atoms in total. The Balaban J connectivity index is 1.67. The standard InChI is InChI=1S/C31H52O4/c1-21(10-8-17-30(3,4)35)26-15-16-27-23(11-9-18-31(26,27)5)13-14-24-20-28(33)25(12-6-7-19-32)29(34)22(24)2/h13-14,21,25-29,32-35H,2,6-12,15-20H2,1,3-5H3/t21-,25-,26-,27+,28-,29-,31-/m1/s1. The Bertz CT molecular complexity index is 775. The summed E-state index contributed by atoms with van der Waals surface area (Å²) in [4.78, 5) is 0. The van der Waals surface area contributed by atoms with Crippen molar-refractivity contribution in [1.82, 2.24) is 0 Å². The van der Waals surface area contributed by atoms with Crippen LogP contribution >= 0.6 is 0 Å². The van der Waals surface area contributed by atoms with Crippen molar-refractivity contribution >= 4 is 0 Å². The second-order valence-corrected chi connectivity index (χ2v) is 12.8. The molecule has 0 aromatic carbocycles. The van der Waals surface area contributed by atoms with Crippen LogP contribution < -0.4 is 0 Å². The number of unbranched alkanes of at least 4 members (excludes halogenated alkanes) is 1. The summed E-state index contributed by atoms with van der Waals surface area (Å²) in [5.41, 5.74) is 3.05. The Morgan fingerprint density at radius 1 is 1.14 bits per heavy atom. The fourth-order valence-electron chi connectivity index (χ4n) is 7.66. The molecule has 0 bridgehead atoms. The predicted molar refractivity (Wildman–Crippen MR) is 144 cm³/mol. The van der Waals surface area contributed by atoms with Crippen LogP contribution in [0, 0.1) is 29.1 Å². The van der Waals surface area contributed by atoms with Crippen molar-refractivity contribution in [2.24, 2.45) is 29.1 Å². The van der Waals surface area contributed by atoms with Crippen LogP contribution in [0.15, 0.2) is 35.5 Å².